The predicted molar refractivity (Wildman–Crippen MR) is 97.6 cm³/mol. The molecule has 0 spiro atoms. The van der Waals surface area contributed by atoms with E-state index in [1.807, 2.05) is 53.2 Å². The molecule has 6 nitrogen and oxygen atoms in total. The van der Waals surface area contributed by atoms with E-state index in [-0.39, 0.29) is 0 Å². The van der Waals surface area contributed by atoms with E-state index in [0.717, 1.165) is 22.6 Å². The van der Waals surface area contributed by atoms with Crippen LogP contribution < -0.4 is 9.47 Å². The average molecular weight is 347 g/mol. The van der Waals surface area contributed by atoms with Gasteiger partial charge >= 0.3 is 0 Å². The lowest BCUT2D eigenvalue weighted by Crippen LogP contribution is -1.99. The largest absolute Gasteiger partial charge is 0.493 e. The van der Waals surface area contributed by atoms with Crippen LogP contribution in [0.1, 0.15) is 0 Å². The Morgan fingerprint density at radius 2 is 1.92 bits per heavy atom. The Kier molecular flexibility index (Phi) is 4.15. The van der Waals surface area contributed by atoms with Crippen molar-refractivity contribution in [2.45, 2.75) is 0 Å². The highest BCUT2D eigenvalue weighted by atomic mass is 16.5. The molecular weight excluding hydrogens is 330 g/mol. The number of hydrogen-bond acceptors (Lipinski definition) is 5. The molecule has 0 radical (unpaired) electrons. The summed E-state index contributed by atoms with van der Waals surface area (Å²) in [5, 5.41) is 0. The highest BCUT2D eigenvalue weighted by molar-refractivity contribution is 5.71. The Balaban J connectivity index is 1.83. The van der Waals surface area contributed by atoms with E-state index in [1.165, 1.54) is 6.39 Å². The first-order valence-corrected chi connectivity index (χ1v) is 8.06. The molecule has 4 aromatic rings. The van der Waals surface area contributed by atoms with Gasteiger partial charge in [0.25, 0.3) is 0 Å². The van der Waals surface area contributed by atoms with Crippen LogP contribution in [0, 0.1) is 0 Å². The minimum atomic E-state index is 0.647. The molecule has 0 unspecified atom stereocenters. The number of oxazole rings is 1. The van der Waals surface area contributed by atoms with Crippen molar-refractivity contribution < 1.29 is 13.9 Å². The summed E-state index contributed by atoms with van der Waals surface area (Å²) < 4.78 is 18.4. The molecule has 0 fully saturated rings. The zero-order valence-electron chi connectivity index (χ0n) is 14.4. The molecule has 0 amide bonds. The number of hydrogen-bond donors (Lipinski definition) is 0. The van der Waals surface area contributed by atoms with Crippen LogP contribution in [0.3, 0.4) is 0 Å². The number of aromatic nitrogens is 3. The summed E-state index contributed by atoms with van der Waals surface area (Å²) in [4.78, 5) is 8.51. The molecule has 0 aliphatic carbocycles. The maximum absolute atomic E-state index is 5.56. The zero-order valence-corrected chi connectivity index (χ0v) is 14.4. The molecule has 0 aliphatic heterocycles. The number of rotatable bonds is 5. The van der Waals surface area contributed by atoms with Crippen LogP contribution in [0.2, 0.25) is 0 Å². The Hall–Kier alpha value is -3.54. The van der Waals surface area contributed by atoms with Crippen molar-refractivity contribution in [2.24, 2.45) is 0 Å². The lowest BCUT2D eigenvalue weighted by molar-refractivity contribution is 0.356. The number of nitrogens with zero attached hydrogens (tertiary/aromatic N) is 3. The molecule has 26 heavy (non-hydrogen) atoms. The third-order valence-electron chi connectivity index (χ3n) is 4.13. The minimum absolute atomic E-state index is 0.647. The topological polar surface area (TPSA) is 62.3 Å². The van der Waals surface area contributed by atoms with Crippen molar-refractivity contribution in [3.8, 4) is 39.9 Å². The number of ether oxygens (including phenoxy) is 2. The number of benzene rings is 2. The van der Waals surface area contributed by atoms with Crippen molar-refractivity contribution in [3.05, 3.63) is 67.4 Å². The average Bonchev–Trinajstić information content (AvgIpc) is 3.39. The van der Waals surface area contributed by atoms with Crippen molar-refractivity contribution in [3.63, 3.8) is 0 Å². The van der Waals surface area contributed by atoms with Gasteiger partial charge in [-0.15, -0.1) is 0 Å². The van der Waals surface area contributed by atoms with Crippen LogP contribution in [0.15, 0.2) is 71.9 Å². The smallest absolute Gasteiger partial charge is 0.181 e. The molecule has 0 N–H and O–H groups in total. The lowest BCUT2D eigenvalue weighted by atomic mass is 10.1. The van der Waals surface area contributed by atoms with E-state index in [4.69, 9.17) is 13.9 Å². The second kappa shape index (κ2) is 6.76. The van der Waals surface area contributed by atoms with Crippen molar-refractivity contribution >= 4 is 0 Å². The summed E-state index contributed by atoms with van der Waals surface area (Å²) in [6.45, 7) is 0. The molecule has 0 aliphatic rings. The van der Waals surface area contributed by atoms with Crippen molar-refractivity contribution in [1.29, 1.82) is 0 Å². The first kappa shape index (κ1) is 16.0. The molecular formula is C20H17N3O3. The Bertz CT molecular complexity index is 1020. The van der Waals surface area contributed by atoms with Crippen LogP contribution in [-0.4, -0.2) is 28.8 Å². The fourth-order valence-electron chi connectivity index (χ4n) is 2.94. The van der Waals surface area contributed by atoms with Gasteiger partial charge < -0.3 is 13.9 Å². The van der Waals surface area contributed by atoms with Gasteiger partial charge in [-0.3, -0.25) is 4.57 Å². The van der Waals surface area contributed by atoms with E-state index in [1.54, 1.807) is 26.6 Å². The van der Waals surface area contributed by atoms with Gasteiger partial charge in [-0.25, -0.2) is 9.97 Å². The van der Waals surface area contributed by atoms with E-state index in [0.29, 0.717) is 17.3 Å². The van der Waals surface area contributed by atoms with Gasteiger partial charge in [0.1, 0.15) is 5.82 Å². The maximum atomic E-state index is 5.56. The third kappa shape index (κ3) is 2.71. The van der Waals surface area contributed by atoms with E-state index in [9.17, 15) is 0 Å². The first-order chi connectivity index (χ1) is 12.8. The van der Waals surface area contributed by atoms with Gasteiger partial charge in [0.15, 0.2) is 23.7 Å². The van der Waals surface area contributed by atoms with Gasteiger partial charge in [-0.05, 0) is 24.3 Å². The van der Waals surface area contributed by atoms with Crippen LogP contribution >= 0.6 is 0 Å². The van der Waals surface area contributed by atoms with Crippen LogP contribution in [0.25, 0.3) is 28.4 Å². The molecule has 0 saturated carbocycles. The fraction of sp³-hybridized carbons (Fsp3) is 0.100. The summed E-state index contributed by atoms with van der Waals surface area (Å²) in [6.07, 6.45) is 6.79. The number of para-hydroxylation sites is 1. The monoisotopic (exact) mass is 347 g/mol. The summed E-state index contributed by atoms with van der Waals surface area (Å²) in [5.41, 5.74) is 2.75. The fourth-order valence-corrected chi connectivity index (χ4v) is 2.94. The van der Waals surface area contributed by atoms with E-state index < -0.39 is 0 Å². The lowest BCUT2D eigenvalue weighted by Gasteiger charge is -2.14. The first-order valence-electron chi connectivity index (χ1n) is 8.06. The molecule has 0 atom stereocenters. The third-order valence-corrected chi connectivity index (χ3v) is 4.13. The van der Waals surface area contributed by atoms with Gasteiger partial charge in [-0.1, -0.05) is 18.2 Å². The highest BCUT2D eigenvalue weighted by Gasteiger charge is 2.16. The predicted octanol–water partition coefficient (Wildman–Crippen LogP) is 4.21. The van der Waals surface area contributed by atoms with Crippen LogP contribution in [0.4, 0.5) is 0 Å². The van der Waals surface area contributed by atoms with E-state index >= 15 is 0 Å². The molecule has 2 aromatic carbocycles. The summed E-state index contributed by atoms with van der Waals surface area (Å²) in [7, 11) is 3.24. The number of methoxy groups -OCH3 is 2. The second-order valence-electron chi connectivity index (χ2n) is 5.58. The maximum Gasteiger partial charge on any atom is 0.181 e. The molecule has 2 heterocycles. The van der Waals surface area contributed by atoms with Crippen molar-refractivity contribution in [1.82, 2.24) is 14.5 Å². The minimum Gasteiger partial charge on any atom is -0.493 e. The van der Waals surface area contributed by atoms with Gasteiger partial charge in [-0.2, -0.15) is 0 Å². The highest BCUT2D eigenvalue weighted by Crippen LogP contribution is 2.38. The summed E-state index contributed by atoms with van der Waals surface area (Å²) in [5.74, 6) is 2.78. The van der Waals surface area contributed by atoms with Crippen molar-refractivity contribution in [2.75, 3.05) is 14.2 Å². The van der Waals surface area contributed by atoms with Gasteiger partial charge in [0.2, 0.25) is 0 Å². The zero-order chi connectivity index (χ0) is 17.9. The molecule has 0 saturated heterocycles. The summed E-state index contributed by atoms with van der Waals surface area (Å²) >= 11 is 0. The normalized spacial score (nSPS) is 10.7. The van der Waals surface area contributed by atoms with Gasteiger partial charge in [0.05, 0.1) is 26.0 Å². The standard InChI is InChI=1S/C20H17N3O3/c1-24-17-8-4-7-16(19(17)25-2)20-22-9-10-23(20)15-6-3-5-14(11-15)18-12-21-13-26-18/h3-13H,1-2H3. The van der Waals surface area contributed by atoms with Gasteiger partial charge in [0, 0.05) is 23.6 Å². The molecule has 4 rings (SSSR count). The summed E-state index contributed by atoms with van der Waals surface area (Å²) in [6, 6.07) is 13.7. The molecule has 6 heteroatoms. The molecule has 130 valence electrons. The second-order valence-corrected chi connectivity index (χ2v) is 5.58. The quantitative estimate of drug-likeness (QED) is 0.541. The Labute approximate surface area is 150 Å². The van der Waals surface area contributed by atoms with Crippen LogP contribution in [-0.2, 0) is 0 Å². The SMILES string of the molecule is COc1cccc(-c2nccn2-c2cccc(-c3cnco3)c2)c1OC. The van der Waals surface area contributed by atoms with Crippen LogP contribution in [0.5, 0.6) is 11.5 Å². The molecule has 2 aromatic heterocycles. The Morgan fingerprint density at radius 1 is 1.04 bits per heavy atom. The Morgan fingerprint density at radius 3 is 2.69 bits per heavy atom. The molecule has 0 bridgehead atoms. The number of imidazole rings is 1. The van der Waals surface area contributed by atoms with E-state index in [2.05, 4.69) is 9.97 Å².